The molecule has 1 aliphatic heterocycles. The highest BCUT2D eigenvalue weighted by Gasteiger charge is 2.17. The molecule has 2 heterocycles. The van der Waals surface area contributed by atoms with Crippen LogP contribution in [0.15, 0.2) is 53.5 Å². The van der Waals surface area contributed by atoms with Crippen LogP contribution in [0.25, 0.3) is 11.1 Å². The van der Waals surface area contributed by atoms with Gasteiger partial charge < -0.3 is 25.0 Å². The standard InChI is InChI=1S/C27H30FN5O3/c1-17-24(5-6-25(28)32-17)20-9-18(15-31-27-29-7-8-30-27)10-21(13-20)26(34)33(2)16-19-11-22(35-3)14-23(12-19)36-4/h5-6,9-14H,7-8,15-16H2,1-4H3,(H2,29,30,31). The van der Waals surface area contributed by atoms with Crippen molar-refractivity contribution in [1.82, 2.24) is 20.5 Å². The van der Waals surface area contributed by atoms with Crippen LogP contribution < -0.4 is 20.1 Å². The van der Waals surface area contributed by atoms with Gasteiger partial charge >= 0.3 is 0 Å². The fourth-order valence-electron chi connectivity index (χ4n) is 4.13. The van der Waals surface area contributed by atoms with E-state index in [1.165, 1.54) is 6.07 Å². The van der Waals surface area contributed by atoms with Gasteiger partial charge in [-0.1, -0.05) is 0 Å². The zero-order valence-electron chi connectivity index (χ0n) is 20.9. The number of guanidine groups is 1. The summed E-state index contributed by atoms with van der Waals surface area (Å²) in [6.07, 6.45) is 0. The summed E-state index contributed by atoms with van der Waals surface area (Å²) in [5.74, 6) is 1.36. The molecule has 36 heavy (non-hydrogen) atoms. The number of methoxy groups -OCH3 is 2. The second-order valence-electron chi connectivity index (χ2n) is 8.58. The van der Waals surface area contributed by atoms with Crippen molar-refractivity contribution in [3.05, 3.63) is 76.9 Å². The average molecular weight is 492 g/mol. The number of benzene rings is 2. The maximum atomic E-state index is 13.6. The molecule has 0 aliphatic carbocycles. The zero-order valence-corrected chi connectivity index (χ0v) is 20.9. The van der Waals surface area contributed by atoms with E-state index in [9.17, 15) is 9.18 Å². The molecule has 0 bridgehead atoms. The van der Waals surface area contributed by atoms with E-state index < -0.39 is 5.95 Å². The zero-order chi connectivity index (χ0) is 25.7. The molecule has 0 saturated carbocycles. The predicted octanol–water partition coefficient (Wildman–Crippen LogP) is 3.53. The lowest BCUT2D eigenvalue weighted by Crippen LogP contribution is -2.33. The van der Waals surface area contributed by atoms with Crippen LogP contribution in [-0.4, -0.2) is 56.1 Å². The Kier molecular flexibility index (Phi) is 7.68. The number of hydrogen-bond acceptors (Lipinski definition) is 7. The van der Waals surface area contributed by atoms with Crippen LogP contribution in [-0.2, 0) is 13.1 Å². The molecule has 1 aromatic heterocycles. The van der Waals surface area contributed by atoms with Gasteiger partial charge in [0.2, 0.25) is 5.95 Å². The third kappa shape index (κ3) is 5.91. The molecule has 3 aromatic rings. The highest BCUT2D eigenvalue weighted by molar-refractivity contribution is 5.95. The number of pyridine rings is 1. The number of amides is 1. The molecular weight excluding hydrogens is 461 g/mol. The molecule has 0 spiro atoms. The van der Waals surface area contributed by atoms with Gasteiger partial charge in [0.05, 0.1) is 20.8 Å². The second-order valence-corrected chi connectivity index (χ2v) is 8.58. The lowest BCUT2D eigenvalue weighted by molar-refractivity contribution is 0.0784. The molecule has 2 N–H and O–H groups in total. The Morgan fingerprint density at radius 2 is 1.83 bits per heavy atom. The molecule has 0 unspecified atom stereocenters. The molecule has 0 fully saturated rings. The lowest BCUT2D eigenvalue weighted by atomic mass is 9.98. The first-order valence-electron chi connectivity index (χ1n) is 11.6. The predicted molar refractivity (Wildman–Crippen MR) is 137 cm³/mol. The van der Waals surface area contributed by atoms with Gasteiger partial charge in [-0.15, -0.1) is 0 Å². The molecule has 9 heteroatoms. The molecule has 0 saturated heterocycles. The summed E-state index contributed by atoms with van der Waals surface area (Å²) in [5.41, 5.74) is 4.41. The Balaban J connectivity index is 1.64. The van der Waals surface area contributed by atoms with Gasteiger partial charge in [0, 0.05) is 49.6 Å². The van der Waals surface area contributed by atoms with Crippen molar-refractivity contribution in [2.24, 2.45) is 4.99 Å². The van der Waals surface area contributed by atoms with Gasteiger partial charge in [0.15, 0.2) is 5.96 Å². The van der Waals surface area contributed by atoms with Gasteiger partial charge in [-0.25, -0.2) is 4.98 Å². The summed E-state index contributed by atoms with van der Waals surface area (Å²) in [5, 5.41) is 6.45. The van der Waals surface area contributed by atoms with E-state index in [1.807, 2.05) is 30.3 Å². The second kappa shape index (κ2) is 11.1. The number of carbonyl (C=O) groups is 1. The maximum Gasteiger partial charge on any atom is 0.253 e. The normalized spacial score (nSPS) is 12.5. The van der Waals surface area contributed by atoms with E-state index in [1.54, 1.807) is 45.2 Å². The first-order chi connectivity index (χ1) is 17.4. The summed E-state index contributed by atoms with van der Waals surface area (Å²) in [6.45, 7) is 4.12. The maximum absolute atomic E-state index is 13.6. The monoisotopic (exact) mass is 491 g/mol. The molecule has 0 radical (unpaired) electrons. The molecule has 4 rings (SSSR count). The highest BCUT2D eigenvalue weighted by Crippen LogP contribution is 2.27. The largest absolute Gasteiger partial charge is 0.497 e. The third-order valence-electron chi connectivity index (χ3n) is 5.91. The van der Waals surface area contributed by atoms with Gasteiger partial charge in [-0.2, -0.15) is 4.39 Å². The molecule has 2 aromatic carbocycles. The third-order valence-corrected chi connectivity index (χ3v) is 5.91. The first-order valence-corrected chi connectivity index (χ1v) is 11.6. The molecule has 0 atom stereocenters. The van der Waals surface area contributed by atoms with Gasteiger partial charge in [0.1, 0.15) is 11.5 Å². The lowest BCUT2D eigenvalue weighted by Gasteiger charge is -2.20. The van der Waals surface area contributed by atoms with E-state index in [4.69, 9.17) is 9.47 Å². The average Bonchev–Trinajstić information content (AvgIpc) is 3.40. The van der Waals surface area contributed by atoms with Crippen LogP contribution in [0.4, 0.5) is 4.39 Å². The Morgan fingerprint density at radius 3 is 2.47 bits per heavy atom. The number of aliphatic imine (C=N–C) groups is 1. The van der Waals surface area contributed by atoms with Gasteiger partial charge in [0.25, 0.3) is 5.91 Å². The summed E-state index contributed by atoms with van der Waals surface area (Å²) in [6, 6.07) is 14.2. The van der Waals surface area contributed by atoms with Crippen LogP contribution in [0.2, 0.25) is 0 Å². The molecule has 1 aliphatic rings. The SMILES string of the molecule is COc1cc(CN(C)C(=O)c2cc(CNC3=NCCN3)cc(-c3ccc(F)nc3C)c2)cc(OC)c1. The van der Waals surface area contributed by atoms with Crippen molar-refractivity contribution in [3.8, 4) is 22.6 Å². The molecule has 188 valence electrons. The Hall–Kier alpha value is -4.14. The topological polar surface area (TPSA) is 88.1 Å². The smallest absolute Gasteiger partial charge is 0.253 e. The van der Waals surface area contributed by atoms with Crippen molar-refractivity contribution in [2.75, 3.05) is 34.4 Å². The number of hydrogen-bond donors (Lipinski definition) is 2. The number of carbonyl (C=O) groups excluding carboxylic acids is 1. The van der Waals surface area contributed by atoms with Crippen LogP contribution in [0.3, 0.4) is 0 Å². The van der Waals surface area contributed by atoms with Crippen molar-refractivity contribution >= 4 is 11.9 Å². The minimum Gasteiger partial charge on any atom is -0.497 e. The van der Waals surface area contributed by atoms with Gasteiger partial charge in [-0.05, 0) is 66.1 Å². The highest BCUT2D eigenvalue weighted by atomic mass is 19.1. The number of ether oxygens (including phenoxy) is 2. The summed E-state index contributed by atoms with van der Waals surface area (Å²) >= 11 is 0. The minimum absolute atomic E-state index is 0.149. The molecule has 8 nitrogen and oxygen atoms in total. The minimum atomic E-state index is -0.538. The summed E-state index contributed by atoms with van der Waals surface area (Å²) in [4.78, 5) is 23.5. The quantitative estimate of drug-likeness (QED) is 0.469. The number of halogens is 1. The van der Waals surface area contributed by atoms with Crippen LogP contribution in [0, 0.1) is 12.9 Å². The van der Waals surface area contributed by atoms with Crippen molar-refractivity contribution in [2.45, 2.75) is 20.0 Å². The van der Waals surface area contributed by atoms with Crippen molar-refractivity contribution in [3.63, 3.8) is 0 Å². The van der Waals surface area contributed by atoms with E-state index in [0.717, 1.165) is 41.3 Å². The molecular formula is C27H30FN5O3. The number of nitrogens with zero attached hydrogens (tertiary/aromatic N) is 3. The fraction of sp³-hybridized carbons (Fsp3) is 0.296. The number of nitrogens with one attached hydrogen (secondary N) is 2. The van der Waals surface area contributed by atoms with E-state index in [2.05, 4.69) is 20.6 Å². The summed E-state index contributed by atoms with van der Waals surface area (Å²) < 4.78 is 24.4. The van der Waals surface area contributed by atoms with Gasteiger partial charge in [-0.3, -0.25) is 9.79 Å². The molecule has 1 amide bonds. The Morgan fingerprint density at radius 1 is 1.08 bits per heavy atom. The van der Waals surface area contributed by atoms with Crippen molar-refractivity contribution < 1.29 is 18.7 Å². The van der Waals surface area contributed by atoms with E-state index in [-0.39, 0.29) is 5.91 Å². The van der Waals surface area contributed by atoms with Crippen molar-refractivity contribution in [1.29, 1.82) is 0 Å². The Bertz CT molecular complexity index is 1270. The number of aromatic nitrogens is 1. The fourth-order valence-corrected chi connectivity index (χ4v) is 4.13. The van der Waals surface area contributed by atoms with Crippen LogP contribution in [0.1, 0.15) is 27.2 Å². The Labute approximate surface area is 210 Å². The van der Waals surface area contributed by atoms with E-state index >= 15 is 0 Å². The van der Waals surface area contributed by atoms with E-state index in [0.29, 0.717) is 35.8 Å². The summed E-state index contributed by atoms with van der Waals surface area (Å²) in [7, 11) is 4.93. The van der Waals surface area contributed by atoms with Crippen LogP contribution in [0.5, 0.6) is 11.5 Å². The number of aryl methyl sites for hydroxylation is 1. The number of rotatable bonds is 8. The van der Waals surface area contributed by atoms with Crippen LogP contribution >= 0.6 is 0 Å². The first kappa shape index (κ1) is 25.0.